The number of benzene rings is 1. The quantitative estimate of drug-likeness (QED) is 0.719. The molecule has 0 aromatic heterocycles. The highest BCUT2D eigenvalue weighted by Crippen LogP contribution is 2.15. The molecular formula is C12H12N2O3. The number of carbonyl (C=O) groups is 2. The Bertz CT molecular complexity index is 468. The van der Waals surface area contributed by atoms with Crippen LogP contribution in [0.4, 0.5) is 0 Å². The van der Waals surface area contributed by atoms with Crippen LogP contribution in [0.2, 0.25) is 0 Å². The van der Waals surface area contributed by atoms with Gasteiger partial charge in [-0.1, -0.05) is 30.3 Å². The predicted molar refractivity (Wildman–Crippen MR) is 60.8 cm³/mol. The number of amides is 1. The zero-order valence-corrected chi connectivity index (χ0v) is 9.01. The number of carboxylic acids is 1. The standard InChI is InChI=1S/C12H12N2O3/c15-10-6-9(7-11(16)17)13-12(14-10)8-4-2-1-3-5-8/h1-6,12-13H,7H2,(H,14,15)(H,16,17). The molecule has 0 aliphatic carbocycles. The van der Waals surface area contributed by atoms with Crippen molar-refractivity contribution in [3.63, 3.8) is 0 Å². The number of nitrogens with one attached hydrogen (secondary N) is 2. The van der Waals surface area contributed by atoms with Crippen LogP contribution in [0, 0.1) is 0 Å². The van der Waals surface area contributed by atoms with Crippen molar-refractivity contribution in [1.29, 1.82) is 0 Å². The third kappa shape index (κ3) is 2.84. The van der Waals surface area contributed by atoms with Crippen molar-refractivity contribution < 1.29 is 14.7 Å². The van der Waals surface area contributed by atoms with Crippen LogP contribution in [-0.2, 0) is 9.59 Å². The Morgan fingerprint density at radius 2 is 1.94 bits per heavy atom. The molecule has 0 saturated carbocycles. The molecule has 1 unspecified atom stereocenters. The Morgan fingerprint density at radius 3 is 2.59 bits per heavy atom. The molecule has 3 N–H and O–H groups in total. The van der Waals surface area contributed by atoms with Crippen LogP contribution >= 0.6 is 0 Å². The smallest absolute Gasteiger partial charge is 0.309 e. The summed E-state index contributed by atoms with van der Waals surface area (Å²) in [6, 6.07) is 9.32. The van der Waals surface area contributed by atoms with E-state index in [1.807, 2.05) is 30.3 Å². The van der Waals surface area contributed by atoms with E-state index in [2.05, 4.69) is 10.6 Å². The monoisotopic (exact) mass is 232 g/mol. The van der Waals surface area contributed by atoms with Gasteiger partial charge in [-0.25, -0.2) is 0 Å². The van der Waals surface area contributed by atoms with E-state index >= 15 is 0 Å². The van der Waals surface area contributed by atoms with Gasteiger partial charge < -0.3 is 15.7 Å². The van der Waals surface area contributed by atoms with Crippen LogP contribution in [0.5, 0.6) is 0 Å². The fraction of sp³-hybridized carbons (Fsp3) is 0.167. The van der Waals surface area contributed by atoms with Gasteiger partial charge in [0, 0.05) is 11.8 Å². The Labute approximate surface area is 98.1 Å². The molecule has 1 aliphatic heterocycles. The normalized spacial score (nSPS) is 18.9. The number of hydrogen-bond donors (Lipinski definition) is 3. The summed E-state index contributed by atoms with van der Waals surface area (Å²) in [5.41, 5.74) is 1.30. The van der Waals surface area contributed by atoms with E-state index in [1.54, 1.807) is 0 Å². The summed E-state index contributed by atoms with van der Waals surface area (Å²) >= 11 is 0. The molecule has 1 heterocycles. The second-order valence-corrected chi connectivity index (χ2v) is 3.74. The van der Waals surface area contributed by atoms with Crippen molar-refractivity contribution in [3.05, 3.63) is 47.7 Å². The molecule has 1 atom stereocenters. The molecule has 1 aromatic carbocycles. The molecular weight excluding hydrogens is 220 g/mol. The van der Waals surface area contributed by atoms with Crippen molar-refractivity contribution in [1.82, 2.24) is 10.6 Å². The molecule has 1 aromatic rings. The van der Waals surface area contributed by atoms with E-state index < -0.39 is 5.97 Å². The summed E-state index contributed by atoms with van der Waals surface area (Å²) in [7, 11) is 0. The lowest BCUT2D eigenvalue weighted by Gasteiger charge is -2.26. The molecule has 1 aliphatic rings. The molecule has 17 heavy (non-hydrogen) atoms. The predicted octanol–water partition coefficient (Wildman–Crippen LogP) is 0.763. The average Bonchev–Trinajstić information content (AvgIpc) is 2.28. The first-order valence-corrected chi connectivity index (χ1v) is 5.19. The van der Waals surface area contributed by atoms with Gasteiger partial charge in [0.05, 0.1) is 6.42 Å². The fourth-order valence-electron chi connectivity index (χ4n) is 1.68. The minimum Gasteiger partial charge on any atom is -0.481 e. The number of carbonyl (C=O) groups excluding carboxylic acids is 1. The largest absolute Gasteiger partial charge is 0.481 e. The first kappa shape index (κ1) is 11.2. The van der Waals surface area contributed by atoms with Gasteiger partial charge in [-0.3, -0.25) is 9.59 Å². The maximum atomic E-state index is 11.4. The van der Waals surface area contributed by atoms with Gasteiger partial charge in [-0.15, -0.1) is 0 Å². The third-order valence-corrected chi connectivity index (χ3v) is 2.40. The first-order chi connectivity index (χ1) is 8.15. The third-order valence-electron chi connectivity index (χ3n) is 2.40. The summed E-state index contributed by atoms with van der Waals surface area (Å²) in [6.45, 7) is 0. The molecule has 0 saturated heterocycles. The van der Waals surface area contributed by atoms with Crippen LogP contribution in [0.1, 0.15) is 18.2 Å². The first-order valence-electron chi connectivity index (χ1n) is 5.19. The van der Waals surface area contributed by atoms with E-state index in [9.17, 15) is 9.59 Å². The molecule has 88 valence electrons. The van der Waals surface area contributed by atoms with Gasteiger partial charge in [0.25, 0.3) is 0 Å². The summed E-state index contributed by atoms with van der Waals surface area (Å²) < 4.78 is 0. The number of hydrogen-bond acceptors (Lipinski definition) is 3. The molecule has 0 fully saturated rings. The maximum Gasteiger partial charge on any atom is 0.309 e. The maximum absolute atomic E-state index is 11.4. The van der Waals surface area contributed by atoms with Gasteiger partial charge >= 0.3 is 5.97 Å². The molecule has 0 spiro atoms. The highest BCUT2D eigenvalue weighted by atomic mass is 16.4. The number of aliphatic carboxylic acids is 1. The van der Waals surface area contributed by atoms with Crippen LogP contribution in [0.15, 0.2) is 42.1 Å². The summed E-state index contributed by atoms with van der Waals surface area (Å²) in [5.74, 6) is -1.25. The van der Waals surface area contributed by atoms with Crippen molar-refractivity contribution in [2.24, 2.45) is 0 Å². The van der Waals surface area contributed by atoms with Crippen molar-refractivity contribution in [2.75, 3.05) is 0 Å². The highest BCUT2D eigenvalue weighted by molar-refractivity contribution is 5.90. The Balaban J connectivity index is 2.16. The molecule has 2 rings (SSSR count). The Kier molecular flexibility index (Phi) is 3.09. The Hall–Kier alpha value is -2.30. The van der Waals surface area contributed by atoms with Gasteiger partial charge in [0.2, 0.25) is 5.91 Å². The van der Waals surface area contributed by atoms with Crippen LogP contribution in [0.3, 0.4) is 0 Å². The van der Waals surface area contributed by atoms with Gasteiger partial charge in [-0.05, 0) is 5.56 Å². The lowest BCUT2D eigenvalue weighted by molar-refractivity contribution is -0.136. The second-order valence-electron chi connectivity index (χ2n) is 3.74. The van der Waals surface area contributed by atoms with Crippen LogP contribution in [-0.4, -0.2) is 17.0 Å². The van der Waals surface area contributed by atoms with Crippen molar-refractivity contribution in [3.8, 4) is 0 Å². The van der Waals surface area contributed by atoms with Crippen molar-refractivity contribution in [2.45, 2.75) is 12.6 Å². The van der Waals surface area contributed by atoms with E-state index in [-0.39, 0.29) is 18.5 Å². The minimum atomic E-state index is -0.967. The van der Waals surface area contributed by atoms with E-state index in [1.165, 1.54) is 6.08 Å². The topological polar surface area (TPSA) is 78.4 Å². The van der Waals surface area contributed by atoms with Gasteiger partial charge in [-0.2, -0.15) is 0 Å². The van der Waals surface area contributed by atoms with Gasteiger partial charge in [0.1, 0.15) is 6.17 Å². The zero-order chi connectivity index (χ0) is 12.3. The Morgan fingerprint density at radius 1 is 1.24 bits per heavy atom. The molecule has 0 radical (unpaired) electrons. The number of carboxylic acid groups (broad SMARTS) is 1. The summed E-state index contributed by atoms with van der Waals surface area (Å²) in [6.07, 6.45) is 0.715. The van der Waals surface area contributed by atoms with E-state index in [0.29, 0.717) is 5.70 Å². The van der Waals surface area contributed by atoms with Crippen molar-refractivity contribution >= 4 is 11.9 Å². The summed E-state index contributed by atoms with van der Waals surface area (Å²) in [4.78, 5) is 22.0. The lowest BCUT2D eigenvalue weighted by Crippen LogP contribution is -2.41. The molecule has 5 heteroatoms. The fourth-order valence-corrected chi connectivity index (χ4v) is 1.68. The minimum absolute atomic E-state index is 0.184. The lowest BCUT2D eigenvalue weighted by atomic mass is 10.1. The van der Waals surface area contributed by atoms with E-state index in [4.69, 9.17) is 5.11 Å². The molecule has 5 nitrogen and oxygen atoms in total. The highest BCUT2D eigenvalue weighted by Gasteiger charge is 2.20. The van der Waals surface area contributed by atoms with E-state index in [0.717, 1.165) is 5.56 Å². The zero-order valence-electron chi connectivity index (χ0n) is 9.01. The number of rotatable bonds is 3. The summed E-state index contributed by atoms with van der Waals surface area (Å²) in [5, 5.41) is 14.4. The molecule has 0 bridgehead atoms. The molecule has 1 amide bonds. The van der Waals surface area contributed by atoms with Crippen LogP contribution < -0.4 is 10.6 Å². The van der Waals surface area contributed by atoms with Gasteiger partial charge in [0.15, 0.2) is 0 Å². The second kappa shape index (κ2) is 4.69. The SMILES string of the molecule is O=C(O)CC1=CC(=O)NC(c2ccccc2)N1. The van der Waals surface area contributed by atoms with Crippen LogP contribution in [0.25, 0.3) is 0 Å². The average molecular weight is 232 g/mol.